The van der Waals surface area contributed by atoms with E-state index in [0.717, 1.165) is 12.0 Å². The number of amides is 2. The molecule has 0 saturated carbocycles. The van der Waals surface area contributed by atoms with Crippen LogP contribution >= 0.6 is 0 Å². The van der Waals surface area contributed by atoms with Crippen molar-refractivity contribution in [2.24, 2.45) is 0 Å². The number of nitrogens with zero attached hydrogens (tertiary/aromatic N) is 1. The molecule has 1 aromatic rings. The Labute approximate surface area is 114 Å². The van der Waals surface area contributed by atoms with E-state index in [2.05, 4.69) is 5.32 Å². The molecule has 1 N–H and O–H groups in total. The zero-order valence-electron chi connectivity index (χ0n) is 11.8. The van der Waals surface area contributed by atoms with Crippen molar-refractivity contribution in [3.63, 3.8) is 0 Å². The topological polar surface area (TPSA) is 49.4 Å². The van der Waals surface area contributed by atoms with Gasteiger partial charge in [0.05, 0.1) is 0 Å². The minimum absolute atomic E-state index is 0.0138. The lowest BCUT2D eigenvalue weighted by Gasteiger charge is -2.26. The van der Waals surface area contributed by atoms with Crippen LogP contribution in [-0.4, -0.2) is 29.3 Å². The molecule has 0 aliphatic carbocycles. The predicted octanol–water partition coefficient (Wildman–Crippen LogP) is 1.95. The van der Waals surface area contributed by atoms with Crippen LogP contribution in [0.3, 0.4) is 0 Å². The molecule has 0 atom stereocenters. The lowest BCUT2D eigenvalue weighted by molar-refractivity contribution is -0.147. The largest absolute Gasteiger partial charge is 0.348 e. The van der Waals surface area contributed by atoms with E-state index in [4.69, 9.17) is 0 Å². The SMILES string of the molecule is CCCNC(=O)C(=O)N(Cc1ccccc1)C(C)C. The van der Waals surface area contributed by atoms with Crippen molar-refractivity contribution in [2.45, 2.75) is 39.8 Å². The van der Waals surface area contributed by atoms with Crippen LogP contribution in [0.15, 0.2) is 30.3 Å². The molecule has 1 aromatic carbocycles. The number of carbonyl (C=O) groups is 2. The summed E-state index contributed by atoms with van der Waals surface area (Å²) in [5.74, 6) is -0.987. The fourth-order valence-electron chi connectivity index (χ4n) is 1.71. The van der Waals surface area contributed by atoms with Crippen LogP contribution in [0.2, 0.25) is 0 Å². The first kappa shape index (κ1) is 15.2. The quantitative estimate of drug-likeness (QED) is 0.825. The molecule has 0 aromatic heterocycles. The van der Waals surface area contributed by atoms with Crippen molar-refractivity contribution in [1.82, 2.24) is 10.2 Å². The maximum atomic E-state index is 12.1. The van der Waals surface area contributed by atoms with E-state index >= 15 is 0 Å². The number of rotatable bonds is 5. The Morgan fingerprint density at radius 2 is 1.84 bits per heavy atom. The van der Waals surface area contributed by atoms with Gasteiger partial charge in [-0.05, 0) is 25.8 Å². The van der Waals surface area contributed by atoms with Crippen molar-refractivity contribution in [3.8, 4) is 0 Å². The van der Waals surface area contributed by atoms with Crippen molar-refractivity contribution in [1.29, 1.82) is 0 Å². The second kappa shape index (κ2) is 7.56. The van der Waals surface area contributed by atoms with Crippen LogP contribution in [0.1, 0.15) is 32.8 Å². The molecule has 2 amide bonds. The standard InChI is InChI=1S/C15H22N2O2/c1-4-10-16-14(18)15(19)17(12(2)3)11-13-8-6-5-7-9-13/h5-9,12H,4,10-11H2,1-3H3,(H,16,18). The van der Waals surface area contributed by atoms with E-state index in [1.165, 1.54) is 0 Å². The molecule has 0 spiro atoms. The van der Waals surface area contributed by atoms with E-state index in [-0.39, 0.29) is 6.04 Å². The van der Waals surface area contributed by atoms with Gasteiger partial charge in [0, 0.05) is 19.1 Å². The first-order chi connectivity index (χ1) is 9.06. The summed E-state index contributed by atoms with van der Waals surface area (Å²) in [6.45, 7) is 6.76. The number of hydrogen-bond acceptors (Lipinski definition) is 2. The Bertz CT molecular complexity index is 415. The smallest absolute Gasteiger partial charge is 0.312 e. The fraction of sp³-hybridized carbons (Fsp3) is 0.467. The summed E-state index contributed by atoms with van der Waals surface area (Å²) < 4.78 is 0. The number of benzene rings is 1. The summed E-state index contributed by atoms with van der Waals surface area (Å²) >= 11 is 0. The van der Waals surface area contributed by atoms with Gasteiger partial charge in [-0.25, -0.2) is 0 Å². The second-order valence-electron chi connectivity index (χ2n) is 4.77. The molecule has 0 aliphatic rings. The molecule has 4 nitrogen and oxygen atoms in total. The zero-order valence-corrected chi connectivity index (χ0v) is 11.8. The summed E-state index contributed by atoms with van der Waals surface area (Å²) in [5, 5.41) is 2.62. The van der Waals surface area contributed by atoms with Crippen LogP contribution in [0.4, 0.5) is 0 Å². The summed E-state index contributed by atoms with van der Waals surface area (Å²) in [6, 6.07) is 9.67. The van der Waals surface area contributed by atoms with E-state index in [0.29, 0.717) is 13.1 Å². The molecule has 0 radical (unpaired) electrons. The lowest BCUT2D eigenvalue weighted by Crippen LogP contribution is -2.45. The molecular formula is C15H22N2O2. The van der Waals surface area contributed by atoms with Gasteiger partial charge in [-0.3, -0.25) is 9.59 Å². The summed E-state index contributed by atoms with van der Waals surface area (Å²) in [5.41, 5.74) is 1.02. The van der Waals surface area contributed by atoms with Gasteiger partial charge in [0.1, 0.15) is 0 Å². The molecular weight excluding hydrogens is 240 g/mol. The van der Waals surface area contributed by atoms with Crippen molar-refractivity contribution < 1.29 is 9.59 Å². The van der Waals surface area contributed by atoms with Gasteiger partial charge < -0.3 is 10.2 Å². The molecule has 0 saturated heterocycles. The van der Waals surface area contributed by atoms with Crippen molar-refractivity contribution >= 4 is 11.8 Å². The van der Waals surface area contributed by atoms with E-state index in [1.807, 2.05) is 51.1 Å². The van der Waals surface area contributed by atoms with Gasteiger partial charge in [-0.15, -0.1) is 0 Å². The Hall–Kier alpha value is -1.84. The first-order valence-corrected chi connectivity index (χ1v) is 6.69. The van der Waals surface area contributed by atoms with E-state index < -0.39 is 11.8 Å². The maximum Gasteiger partial charge on any atom is 0.312 e. The summed E-state index contributed by atoms with van der Waals surface area (Å²) in [4.78, 5) is 25.4. The van der Waals surface area contributed by atoms with Gasteiger partial charge >= 0.3 is 11.8 Å². The van der Waals surface area contributed by atoms with Crippen LogP contribution in [0, 0.1) is 0 Å². The maximum absolute atomic E-state index is 12.1. The third-order valence-corrected chi connectivity index (χ3v) is 2.81. The number of hydrogen-bond donors (Lipinski definition) is 1. The lowest BCUT2D eigenvalue weighted by atomic mass is 10.2. The van der Waals surface area contributed by atoms with Crippen LogP contribution < -0.4 is 5.32 Å². The van der Waals surface area contributed by atoms with Crippen LogP contribution in [0.5, 0.6) is 0 Å². The number of nitrogens with one attached hydrogen (secondary N) is 1. The minimum atomic E-state index is -0.522. The normalized spacial score (nSPS) is 10.3. The van der Waals surface area contributed by atoms with Crippen molar-refractivity contribution in [2.75, 3.05) is 6.54 Å². The Morgan fingerprint density at radius 1 is 1.21 bits per heavy atom. The Kier molecular flexibility index (Phi) is 6.06. The molecule has 1 rings (SSSR count). The third kappa shape index (κ3) is 4.73. The molecule has 19 heavy (non-hydrogen) atoms. The fourth-order valence-corrected chi connectivity index (χ4v) is 1.71. The third-order valence-electron chi connectivity index (χ3n) is 2.81. The van der Waals surface area contributed by atoms with Crippen LogP contribution in [-0.2, 0) is 16.1 Å². The average Bonchev–Trinajstić information content (AvgIpc) is 2.42. The average molecular weight is 262 g/mol. The first-order valence-electron chi connectivity index (χ1n) is 6.69. The monoisotopic (exact) mass is 262 g/mol. The van der Waals surface area contributed by atoms with E-state index in [1.54, 1.807) is 4.90 Å². The highest BCUT2D eigenvalue weighted by molar-refractivity contribution is 6.35. The zero-order chi connectivity index (χ0) is 14.3. The number of carbonyl (C=O) groups excluding carboxylic acids is 2. The highest BCUT2D eigenvalue weighted by atomic mass is 16.2. The Balaban J connectivity index is 2.72. The van der Waals surface area contributed by atoms with Gasteiger partial charge in [-0.2, -0.15) is 0 Å². The molecule has 0 unspecified atom stereocenters. The summed E-state index contributed by atoms with van der Waals surface area (Å²) in [7, 11) is 0. The highest BCUT2D eigenvalue weighted by Crippen LogP contribution is 2.08. The highest BCUT2D eigenvalue weighted by Gasteiger charge is 2.23. The molecule has 0 heterocycles. The molecule has 0 fully saturated rings. The van der Waals surface area contributed by atoms with E-state index in [9.17, 15) is 9.59 Å². The molecule has 4 heteroatoms. The van der Waals surface area contributed by atoms with Crippen LogP contribution in [0.25, 0.3) is 0 Å². The molecule has 0 aliphatic heterocycles. The predicted molar refractivity (Wildman–Crippen MR) is 75.4 cm³/mol. The van der Waals surface area contributed by atoms with Gasteiger partial charge in [0.2, 0.25) is 0 Å². The molecule has 0 bridgehead atoms. The van der Waals surface area contributed by atoms with Crippen molar-refractivity contribution in [3.05, 3.63) is 35.9 Å². The van der Waals surface area contributed by atoms with Gasteiger partial charge in [-0.1, -0.05) is 37.3 Å². The Morgan fingerprint density at radius 3 is 2.37 bits per heavy atom. The van der Waals surface area contributed by atoms with Gasteiger partial charge in [0.25, 0.3) is 0 Å². The summed E-state index contributed by atoms with van der Waals surface area (Å²) in [6.07, 6.45) is 0.819. The van der Waals surface area contributed by atoms with Gasteiger partial charge in [0.15, 0.2) is 0 Å². The minimum Gasteiger partial charge on any atom is -0.348 e. The molecule has 104 valence electrons. The second-order valence-corrected chi connectivity index (χ2v) is 4.77.